The number of urea groups is 1. The van der Waals surface area contributed by atoms with Crippen molar-refractivity contribution in [2.75, 3.05) is 20.3 Å². The summed E-state index contributed by atoms with van der Waals surface area (Å²) in [6.45, 7) is 2.48. The maximum Gasteiger partial charge on any atom is 0.317 e. The quantitative estimate of drug-likeness (QED) is 0.778. The summed E-state index contributed by atoms with van der Waals surface area (Å²) < 4.78 is 5.17. The molecule has 0 spiro atoms. The first-order valence-corrected chi connectivity index (χ1v) is 6.28. The molecule has 102 valence electrons. The average molecular weight is 256 g/mol. The van der Waals surface area contributed by atoms with E-state index in [2.05, 4.69) is 5.32 Å². The lowest BCUT2D eigenvalue weighted by atomic mass is 9.79. The van der Waals surface area contributed by atoms with Gasteiger partial charge in [-0.05, 0) is 26.2 Å². The van der Waals surface area contributed by atoms with Gasteiger partial charge in [-0.25, -0.2) is 4.79 Å². The maximum atomic E-state index is 12.1. The number of ether oxygens (including phenoxy) is 1. The van der Waals surface area contributed by atoms with Gasteiger partial charge < -0.3 is 20.1 Å². The predicted octanol–water partition coefficient (Wildman–Crippen LogP) is 0.670. The highest BCUT2D eigenvalue weighted by molar-refractivity contribution is 5.77. The van der Waals surface area contributed by atoms with E-state index in [1.54, 1.807) is 7.05 Å². The molecule has 2 unspecified atom stereocenters. The van der Waals surface area contributed by atoms with Crippen LogP contribution in [-0.2, 0) is 9.53 Å². The number of nitrogens with one attached hydrogen (secondary N) is 1. The zero-order chi connectivity index (χ0) is 13.3. The number of aliphatic carboxylic acids is 1. The van der Waals surface area contributed by atoms with Gasteiger partial charge in [-0.15, -0.1) is 0 Å². The van der Waals surface area contributed by atoms with Crippen LogP contribution in [-0.4, -0.2) is 53.8 Å². The third-order valence-electron chi connectivity index (χ3n) is 4.05. The third kappa shape index (κ3) is 2.43. The number of carboxylic acid groups (broad SMARTS) is 1. The van der Waals surface area contributed by atoms with Crippen LogP contribution in [0, 0.1) is 5.92 Å². The van der Waals surface area contributed by atoms with E-state index in [4.69, 9.17) is 9.84 Å². The van der Waals surface area contributed by atoms with Crippen LogP contribution in [0.4, 0.5) is 4.79 Å². The van der Waals surface area contributed by atoms with Crippen LogP contribution in [0.15, 0.2) is 0 Å². The molecule has 1 saturated heterocycles. The van der Waals surface area contributed by atoms with Gasteiger partial charge in [0.15, 0.2) is 0 Å². The molecule has 0 radical (unpaired) electrons. The van der Waals surface area contributed by atoms with Crippen LogP contribution in [0.3, 0.4) is 0 Å². The summed E-state index contributed by atoms with van der Waals surface area (Å²) in [5.41, 5.74) is -0.122. The molecule has 0 aromatic carbocycles. The fraction of sp³-hybridized carbons (Fsp3) is 0.833. The normalized spacial score (nSPS) is 29.4. The SMILES string of the molecule is CN(C(=O)NC1(C)CCC1)C1COCC1C(=O)O. The number of carboxylic acids is 1. The number of amides is 2. The fourth-order valence-electron chi connectivity index (χ4n) is 2.49. The smallest absolute Gasteiger partial charge is 0.317 e. The molecule has 2 N–H and O–H groups in total. The van der Waals surface area contributed by atoms with Crippen molar-refractivity contribution in [2.24, 2.45) is 5.92 Å². The van der Waals surface area contributed by atoms with Crippen molar-refractivity contribution >= 4 is 12.0 Å². The Balaban J connectivity index is 1.95. The summed E-state index contributed by atoms with van der Waals surface area (Å²) in [4.78, 5) is 24.6. The lowest BCUT2D eigenvalue weighted by Crippen LogP contribution is -2.57. The molecule has 2 atom stereocenters. The molecule has 0 bridgehead atoms. The third-order valence-corrected chi connectivity index (χ3v) is 4.05. The topological polar surface area (TPSA) is 78.9 Å². The van der Waals surface area contributed by atoms with E-state index < -0.39 is 11.9 Å². The minimum atomic E-state index is -0.910. The van der Waals surface area contributed by atoms with Gasteiger partial charge in [-0.2, -0.15) is 0 Å². The van der Waals surface area contributed by atoms with Crippen LogP contribution in [0.2, 0.25) is 0 Å². The number of carbonyl (C=O) groups is 2. The Bertz CT molecular complexity index is 354. The zero-order valence-electron chi connectivity index (χ0n) is 10.8. The predicted molar refractivity (Wildman–Crippen MR) is 64.3 cm³/mol. The lowest BCUT2D eigenvalue weighted by Gasteiger charge is -2.41. The molecular weight excluding hydrogens is 236 g/mol. The van der Waals surface area contributed by atoms with Crippen molar-refractivity contribution in [1.82, 2.24) is 10.2 Å². The summed E-state index contributed by atoms with van der Waals surface area (Å²) in [6, 6.07) is -0.592. The maximum absolute atomic E-state index is 12.1. The Morgan fingerprint density at radius 2 is 2.06 bits per heavy atom. The first kappa shape index (κ1) is 13.1. The number of nitrogens with zero attached hydrogens (tertiary/aromatic N) is 1. The van der Waals surface area contributed by atoms with Gasteiger partial charge in [-0.3, -0.25) is 4.79 Å². The van der Waals surface area contributed by atoms with Gasteiger partial charge >= 0.3 is 12.0 Å². The molecule has 0 aromatic heterocycles. The van der Waals surface area contributed by atoms with Gasteiger partial charge in [0.2, 0.25) is 0 Å². The summed E-state index contributed by atoms with van der Waals surface area (Å²) in [5.74, 6) is -1.54. The molecule has 1 aliphatic carbocycles. The number of likely N-dealkylation sites (N-methyl/N-ethyl adjacent to an activating group) is 1. The fourth-order valence-corrected chi connectivity index (χ4v) is 2.49. The minimum Gasteiger partial charge on any atom is -0.481 e. The summed E-state index contributed by atoms with van der Waals surface area (Å²) in [5, 5.41) is 12.0. The van der Waals surface area contributed by atoms with E-state index in [1.807, 2.05) is 6.92 Å². The zero-order valence-corrected chi connectivity index (χ0v) is 10.8. The summed E-state index contributed by atoms with van der Waals surface area (Å²) in [7, 11) is 1.63. The minimum absolute atomic E-state index is 0.122. The molecule has 2 fully saturated rings. The van der Waals surface area contributed by atoms with Crippen LogP contribution in [0.5, 0.6) is 0 Å². The molecule has 2 aliphatic rings. The monoisotopic (exact) mass is 256 g/mol. The van der Waals surface area contributed by atoms with Crippen molar-refractivity contribution in [3.8, 4) is 0 Å². The molecule has 6 nitrogen and oxygen atoms in total. The number of hydrogen-bond donors (Lipinski definition) is 2. The molecule has 0 aromatic rings. The summed E-state index contributed by atoms with van der Waals surface area (Å²) in [6.07, 6.45) is 3.09. The van der Waals surface area contributed by atoms with Crippen LogP contribution >= 0.6 is 0 Å². The second-order valence-electron chi connectivity index (χ2n) is 5.50. The van der Waals surface area contributed by atoms with E-state index in [-0.39, 0.29) is 30.8 Å². The molecule has 6 heteroatoms. The number of rotatable bonds is 3. The van der Waals surface area contributed by atoms with Crippen molar-refractivity contribution in [3.05, 3.63) is 0 Å². The van der Waals surface area contributed by atoms with E-state index in [9.17, 15) is 9.59 Å². The molecule has 1 aliphatic heterocycles. The Kier molecular flexibility index (Phi) is 3.47. The van der Waals surface area contributed by atoms with E-state index >= 15 is 0 Å². The van der Waals surface area contributed by atoms with Crippen molar-refractivity contribution in [1.29, 1.82) is 0 Å². The van der Waals surface area contributed by atoms with Crippen molar-refractivity contribution in [3.63, 3.8) is 0 Å². The molecule has 2 rings (SSSR count). The van der Waals surface area contributed by atoms with E-state index in [0.717, 1.165) is 19.3 Å². The van der Waals surface area contributed by atoms with E-state index in [0.29, 0.717) is 0 Å². The van der Waals surface area contributed by atoms with Crippen LogP contribution in [0.25, 0.3) is 0 Å². The van der Waals surface area contributed by atoms with Crippen LogP contribution in [0.1, 0.15) is 26.2 Å². The highest BCUT2D eigenvalue weighted by Crippen LogP contribution is 2.31. The van der Waals surface area contributed by atoms with Gasteiger partial charge in [0.1, 0.15) is 5.92 Å². The Labute approximate surface area is 106 Å². The second kappa shape index (κ2) is 4.76. The average Bonchev–Trinajstić information content (AvgIpc) is 2.74. The van der Waals surface area contributed by atoms with Crippen LogP contribution < -0.4 is 5.32 Å². The van der Waals surface area contributed by atoms with Crippen molar-refractivity contribution < 1.29 is 19.4 Å². The Morgan fingerprint density at radius 1 is 1.39 bits per heavy atom. The molecule has 1 heterocycles. The number of hydrogen-bond acceptors (Lipinski definition) is 3. The van der Waals surface area contributed by atoms with Gasteiger partial charge in [0.25, 0.3) is 0 Å². The standard InChI is InChI=1S/C12H20N2O4/c1-12(4-3-5-12)13-11(17)14(2)9-7-18-6-8(9)10(15)16/h8-9H,3-7H2,1-2H3,(H,13,17)(H,15,16). The van der Waals surface area contributed by atoms with E-state index in [1.165, 1.54) is 4.90 Å². The molecule has 2 amide bonds. The summed E-state index contributed by atoms with van der Waals surface area (Å²) >= 11 is 0. The highest BCUT2D eigenvalue weighted by Gasteiger charge is 2.40. The molecule has 1 saturated carbocycles. The lowest BCUT2D eigenvalue weighted by molar-refractivity contribution is -0.142. The first-order valence-electron chi connectivity index (χ1n) is 6.28. The Hall–Kier alpha value is -1.30. The van der Waals surface area contributed by atoms with Gasteiger partial charge in [0, 0.05) is 12.6 Å². The van der Waals surface area contributed by atoms with Gasteiger partial charge in [0.05, 0.1) is 19.3 Å². The largest absolute Gasteiger partial charge is 0.481 e. The first-order chi connectivity index (χ1) is 8.43. The van der Waals surface area contributed by atoms with Gasteiger partial charge in [-0.1, -0.05) is 0 Å². The van der Waals surface area contributed by atoms with Crippen molar-refractivity contribution in [2.45, 2.75) is 37.8 Å². The second-order valence-corrected chi connectivity index (χ2v) is 5.50. The Morgan fingerprint density at radius 3 is 2.56 bits per heavy atom. The highest BCUT2D eigenvalue weighted by atomic mass is 16.5. The number of carbonyl (C=O) groups excluding carboxylic acids is 1. The molecule has 18 heavy (non-hydrogen) atoms. The molecular formula is C12H20N2O4.